The molecule has 0 radical (unpaired) electrons. The van der Waals surface area contributed by atoms with Crippen molar-refractivity contribution in [1.29, 1.82) is 0 Å². The highest BCUT2D eigenvalue weighted by Gasteiger charge is 2.02. The van der Waals surface area contributed by atoms with Crippen LogP contribution in [0.4, 0.5) is 0 Å². The summed E-state index contributed by atoms with van der Waals surface area (Å²) in [5.41, 5.74) is 0. The minimum atomic E-state index is -0.695. The van der Waals surface area contributed by atoms with Gasteiger partial charge in [-0.2, -0.15) is 0 Å². The zero-order valence-corrected chi connectivity index (χ0v) is 7.35. The molecule has 0 amide bonds. The average Bonchev–Trinajstić information content (AvgIpc) is 1.91. The van der Waals surface area contributed by atoms with Crippen LogP contribution in [0, 0.1) is 5.92 Å². The van der Waals surface area contributed by atoms with Gasteiger partial charge >= 0.3 is 5.97 Å². The van der Waals surface area contributed by atoms with Gasteiger partial charge in [-0.1, -0.05) is 34.1 Å². The van der Waals surface area contributed by atoms with E-state index in [1.165, 1.54) is 0 Å². The summed E-state index contributed by atoms with van der Waals surface area (Å²) in [5.74, 6) is -0.369. The van der Waals surface area contributed by atoms with Gasteiger partial charge in [0, 0.05) is 6.42 Å². The van der Waals surface area contributed by atoms with Crippen LogP contribution in [0.2, 0.25) is 0 Å². The van der Waals surface area contributed by atoms with E-state index in [4.69, 9.17) is 5.11 Å². The van der Waals surface area contributed by atoms with Crippen LogP contribution in [0.25, 0.3) is 0 Å². The lowest BCUT2D eigenvalue weighted by molar-refractivity contribution is -0.137. The molecule has 0 saturated carbocycles. The molecule has 0 fully saturated rings. The molecule has 0 aliphatic carbocycles. The quantitative estimate of drug-likeness (QED) is 0.664. The van der Waals surface area contributed by atoms with Gasteiger partial charge < -0.3 is 5.11 Å². The molecule has 0 aliphatic heterocycles. The lowest BCUT2D eigenvalue weighted by Gasteiger charge is -2.00. The van der Waals surface area contributed by atoms with Gasteiger partial charge in [-0.15, -0.1) is 0 Å². The van der Waals surface area contributed by atoms with Crippen LogP contribution in [-0.4, -0.2) is 11.1 Å². The Morgan fingerprint density at radius 1 is 1.50 bits per heavy atom. The molecule has 0 bridgehead atoms. The van der Waals surface area contributed by atoms with Crippen molar-refractivity contribution in [2.24, 2.45) is 5.92 Å². The molecule has 2 nitrogen and oxygen atoms in total. The molecule has 0 aromatic carbocycles. The van der Waals surface area contributed by atoms with E-state index in [0.29, 0.717) is 12.3 Å². The molecule has 0 heterocycles. The van der Waals surface area contributed by atoms with Crippen molar-refractivity contribution >= 4 is 5.97 Å². The monoisotopic (exact) mass is 146 g/mol. The second kappa shape index (κ2) is 8.47. The average molecular weight is 146 g/mol. The maximum atomic E-state index is 9.97. The molecular weight excluding hydrogens is 128 g/mol. The van der Waals surface area contributed by atoms with Gasteiger partial charge in [-0.05, 0) is 5.92 Å². The summed E-state index contributed by atoms with van der Waals surface area (Å²) in [6.45, 7) is 7.93. The molecule has 0 aromatic rings. The van der Waals surface area contributed by atoms with Gasteiger partial charge in [0.15, 0.2) is 0 Å². The SMILES string of the molecule is CC.CCC(C)CC(=O)O. The van der Waals surface area contributed by atoms with Gasteiger partial charge in [0.25, 0.3) is 0 Å². The van der Waals surface area contributed by atoms with E-state index in [0.717, 1.165) is 6.42 Å². The maximum absolute atomic E-state index is 9.97. The molecule has 1 unspecified atom stereocenters. The van der Waals surface area contributed by atoms with Crippen LogP contribution in [0.1, 0.15) is 40.5 Å². The van der Waals surface area contributed by atoms with E-state index in [9.17, 15) is 4.79 Å². The van der Waals surface area contributed by atoms with Crippen molar-refractivity contribution < 1.29 is 9.90 Å². The molecule has 2 heteroatoms. The van der Waals surface area contributed by atoms with Gasteiger partial charge in [0.1, 0.15) is 0 Å². The number of carbonyl (C=O) groups is 1. The third-order valence-electron chi connectivity index (χ3n) is 1.22. The summed E-state index contributed by atoms with van der Waals surface area (Å²) in [5, 5.41) is 8.22. The molecule has 0 saturated heterocycles. The zero-order valence-electron chi connectivity index (χ0n) is 7.35. The van der Waals surface area contributed by atoms with Crippen LogP contribution in [-0.2, 0) is 4.79 Å². The molecule has 0 rings (SSSR count). The van der Waals surface area contributed by atoms with Crippen molar-refractivity contribution in [3.8, 4) is 0 Å². The summed E-state index contributed by atoms with van der Waals surface area (Å²) in [4.78, 5) is 9.97. The van der Waals surface area contributed by atoms with Crippen LogP contribution in [0.15, 0.2) is 0 Å². The Morgan fingerprint density at radius 2 is 1.90 bits per heavy atom. The topological polar surface area (TPSA) is 37.3 Å². The first-order valence-electron chi connectivity index (χ1n) is 3.88. The molecule has 1 N–H and O–H groups in total. The second-order valence-corrected chi connectivity index (χ2v) is 2.11. The molecule has 10 heavy (non-hydrogen) atoms. The normalized spacial score (nSPS) is 11.2. The van der Waals surface area contributed by atoms with Crippen molar-refractivity contribution in [2.75, 3.05) is 0 Å². The summed E-state index contributed by atoms with van der Waals surface area (Å²) in [6.07, 6.45) is 1.25. The van der Waals surface area contributed by atoms with E-state index >= 15 is 0 Å². The molecule has 0 aliphatic rings. The number of carboxylic acid groups (broad SMARTS) is 1. The van der Waals surface area contributed by atoms with Crippen molar-refractivity contribution in [3.63, 3.8) is 0 Å². The van der Waals surface area contributed by atoms with Crippen LogP contribution >= 0.6 is 0 Å². The lowest BCUT2D eigenvalue weighted by atomic mass is 10.1. The third kappa shape index (κ3) is 10.5. The molecule has 1 atom stereocenters. The highest BCUT2D eigenvalue weighted by atomic mass is 16.4. The summed E-state index contributed by atoms with van der Waals surface area (Å²) in [6, 6.07) is 0. The first kappa shape index (κ1) is 12.2. The fourth-order valence-electron chi connectivity index (χ4n) is 0.442. The van der Waals surface area contributed by atoms with E-state index in [1.807, 2.05) is 27.7 Å². The minimum Gasteiger partial charge on any atom is -0.481 e. The number of hydrogen-bond acceptors (Lipinski definition) is 1. The number of carboxylic acids is 1. The Hall–Kier alpha value is -0.530. The molecule has 0 spiro atoms. The van der Waals surface area contributed by atoms with Gasteiger partial charge in [-0.3, -0.25) is 4.79 Å². The minimum absolute atomic E-state index is 0.302. The standard InChI is InChI=1S/C6H12O2.C2H6/c1-3-5(2)4-6(7)8;1-2/h5H,3-4H2,1-2H3,(H,7,8);1-2H3. The third-order valence-corrected chi connectivity index (χ3v) is 1.22. The van der Waals surface area contributed by atoms with E-state index < -0.39 is 5.97 Å². The Labute approximate surface area is 63.3 Å². The van der Waals surface area contributed by atoms with Crippen molar-refractivity contribution in [1.82, 2.24) is 0 Å². The summed E-state index contributed by atoms with van der Waals surface area (Å²) < 4.78 is 0. The Bertz CT molecular complexity index is 79.3. The predicted molar refractivity (Wildman–Crippen MR) is 43.1 cm³/mol. The first-order valence-corrected chi connectivity index (χ1v) is 3.88. The smallest absolute Gasteiger partial charge is 0.303 e. The van der Waals surface area contributed by atoms with Crippen molar-refractivity contribution in [2.45, 2.75) is 40.5 Å². The van der Waals surface area contributed by atoms with Crippen molar-refractivity contribution in [3.05, 3.63) is 0 Å². The highest BCUT2D eigenvalue weighted by Crippen LogP contribution is 2.04. The Kier molecular flexibility index (Phi) is 10.3. The molecular formula is C8H18O2. The zero-order chi connectivity index (χ0) is 8.57. The fraction of sp³-hybridized carbons (Fsp3) is 0.875. The van der Waals surface area contributed by atoms with Gasteiger partial charge in [0.05, 0.1) is 0 Å². The lowest BCUT2D eigenvalue weighted by Crippen LogP contribution is -2.02. The van der Waals surface area contributed by atoms with Crippen LogP contribution in [0.3, 0.4) is 0 Å². The van der Waals surface area contributed by atoms with Gasteiger partial charge in [-0.25, -0.2) is 0 Å². The second-order valence-electron chi connectivity index (χ2n) is 2.11. The van der Waals surface area contributed by atoms with E-state index in [1.54, 1.807) is 0 Å². The Balaban J connectivity index is 0. The molecule has 62 valence electrons. The summed E-state index contributed by atoms with van der Waals surface area (Å²) >= 11 is 0. The highest BCUT2D eigenvalue weighted by molar-refractivity contribution is 5.66. The van der Waals surface area contributed by atoms with Crippen LogP contribution in [0.5, 0.6) is 0 Å². The predicted octanol–water partition coefficient (Wildman–Crippen LogP) is 2.53. The van der Waals surface area contributed by atoms with E-state index in [-0.39, 0.29) is 0 Å². The number of hydrogen-bond donors (Lipinski definition) is 1. The number of aliphatic carboxylic acids is 1. The largest absolute Gasteiger partial charge is 0.481 e. The number of rotatable bonds is 3. The van der Waals surface area contributed by atoms with Gasteiger partial charge in [0.2, 0.25) is 0 Å². The fourth-order valence-corrected chi connectivity index (χ4v) is 0.442. The summed E-state index contributed by atoms with van der Waals surface area (Å²) in [7, 11) is 0. The van der Waals surface area contributed by atoms with Crippen LogP contribution < -0.4 is 0 Å². The first-order chi connectivity index (χ1) is 4.66. The maximum Gasteiger partial charge on any atom is 0.303 e. The molecule has 0 aromatic heterocycles. The Morgan fingerprint density at radius 3 is 2.00 bits per heavy atom. The van der Waals surface area contributed by atoms with E-state index in [2.05, 4.69) is 0 Å².